The van der Waals surface area contributed by atoms with Crippen LogP contribution in [0, 0.1) is 0 Å². The third-order valence-electron chi connectivity index (χ3n) is 6.31. The molecule has 35 heavy (non-hydrogen) atoms. The first kappa shape index (κ1) is 23.8. The lowest BCUT2D eigenvalue weighted by molar-refractivity contribution is -0.274. The van der Waals surface area contributed by atoms with Gasteiger partial charge in [-0.15, -0.1) is 13.2 Å². The molecule has 5 nitrogen and oxygen atoms in total. The topological polar surface area (TPSA) is 53.2 Å². The summed E-state index contributed by atoms with van der Waals surface area (Å²) in [6, 6.07) is 13.6. The highest BCUT2D eigenvalue weighted by Gasteiger charge is 2.31. The maximum Gasteiger partial charge on any atom is 0.573 e. The summed E-state index contributed by atoms with van der Waals surface area (Å²) >= 11 is 6.48. The van der Waals surface area contributed by atoms with Crippen LogP contribution < -0.4 is 10.1 Å². The van der Waals surface area contributed by atoms with Crippen molar-refractivity contribution in [3.8, 4) is 17.1 Å². The molecular weight excluding hydrogens is 477 g/mol. The fourth-order valence-corrected chi connectivity index (χ4v) is 4.87. The number of nitrogens with one attached hydrogen (secondary N) is 2. The van der Waals surface area contributed by atoms with Crippen molar-refractivity contribution < 1.29 is 17.9 Å². The van der Waals surface area contributed by atoms with Gasteiger partial charge in [-0.2, -0.15) is 0 Å². The molecule has 2 aromatic heterocycles. The second-order valence-corrected chi connectivity index (χ2v) is 9.26. The molecule has 0 aliphatic carbocycles. The molecule has 4 aromatic rings. The number of benzene rings is 2. The Morgan fingerprint density at radius 1 is 1.06 bits per heavy atom. The number of pyridine rings is 1. The molecule has 1 aliphatic heterocycles. The molecular formula is C26H26ClF3N4O. The van der Waals surface area contributed by atoms with Crippen LogP contribution >= 0.6 is 11.6 Å². The standard InChI is InChI=1S/C26H26ClF3N4O/c27-20-7-4-6-19-22(31-10-5-13-34-11-2-1-3-12-34)16-24(33-25(19)20)23-15-17-14-18(35-26(28,29)30)8-9-21(17)32-23/h4,6-9,14-16,32H,1-3,5,10-13H2,(H,31,33). The Labute approximate surface area is 206 Å². The molecule has 3 heterocycles. The predicted molar refractivity (Wildman–Crippen MR) is 134 cm³/mol. The molecule has 0 saturated carbocycles. The van der Waals surface area contributed by atoms with E-state index in [4.69, 9.17) is 16.6 Å². The van der Waals surface area contributed by atoms with Crippen LogP contribution in [0.25, 0.3) is 33.2 Å². The number of halogens is 4. The minimum atomic E-state index is -4.74. The second kappa shape index (κ2) is 9.95. The van der Waals surface area contributed by atoms with Crippen molar-refractivity contribution in [2.75, 3.05) is 31.5 Å². The summed E-state index contributed by atoms with van der Waals surface area (Å²) in [5.74, 6) is -0.263. The van der Waals surface area contributed by atoms with Crippen LogP contribution in [0.2, 0.25) is 5.02 Å². The van der Waals surface area contributed by atoms with Crippen LogP contribution in [0.1, 0.15) is 25.7 Å². The smallest absolute Gasteiger partial charge is 0.406 e. The summed E-state index contributed by atoms with van der Waals surface area (Å²) in [7, 11) is 0. The lowest BCUT2D eigenvalue weighted by Crippen LogP contribution is -2.31. The van der Waals surface area contributed by atoms with Crippen molar-refractivity contribution in [2.45, 2.75) is 32.0 Å². The predicted octanol–water partition coefficient (Wildman–Crippen LogP) is 7.22. The zero-order valence-corrected chi connectivity index (χ0v) is 19.8. The van der Waals surface area contributed by atoms with Gasteiger partial charge in [-0.1, -0.05) is 30.2 Å². The normalized spacial score (nSPS) is 15.1. The molecule has 184 valence electrons. The van der Waals surface area contributed by atoms with Crippen molar-refractivity contribution in [3.63, 3.8) is 0 Å². The largest absolute Gasteiger partial charge is 0.573 e. The number of hydrogen-bond donors (Lipinski definition) is 2. The Hall–Kier alpha value is -2.97. The lowest BCUT2D eigenvalue weighted by atomic mass is 10.1. The van der Waals surface area contributed by atoms with Gasteiger partial charge in [0, 0.05) is 28.5 Å². The van der Waals surface area contributed by atoms with E-state index < -0.39 is 6.36 Å². The third kappa shape index (κ3) is 5.65. The van der Waals surface area contributed by atoms with Crippen LogP contribution in [0.15, 0.2) is 48.5 Å². The molecule has 1 fully saturated rings. The number of rotatable bonds is 7. The van der Waals surface area contributed by atoms with Crippen LogP contribution in [0.3, 0.4) is 0 Å². The highest BCUT2D eigenvalue weighted by atomic mass is 35.5. The van der Waals surface area contributed by atoms with Crippen molar-refractivity contribution >= 4 is 39.1 Å². The number of fused-ring (bicyclic) bond motifs is 2. The number of piperidine rings is 1. The van der Waals surface area contributed by atoms with Gasteiger partial charge in [-0.3, -0.25) is 0 Å². The average molecular weight is 503 g/mol. The van der Waals surface area contributed by atoms with E-state index >= 15 is 0 Å². The maximum atomic E-state index is 12.6. The number of aromatic amines is 1. The summed E-state index contributed by atoms with van der Waals surface area (Å²) in [6.07, 6.45) is 0.162. The number of likely N-dealkylation sites (tertiary alicyclic amines) is 1. The van der Waals surface area contributed by atoms with E-state index in [1.165, 1.54) is 44.5 Å². The van der Waals surface area contributed by atoms with Crippen molar-refractivity contribution in [1.29, 1.82) is 0 Å². The Morgan fingerprint density at radius 3 is 2.69 bits per heavy atom. The lowest BCUT2D eigenvalue weighted by Gasteiger charge is -2.26. The van der Waals surface area contributed by atoms with Crippen molar-refractivity contribution in [1.82, 2.24) is 14.9 Å². The Balaban J connectivity index is 1.41. The molecule has 0 bridgehead atoms. The highest BCUT2D eigenvalue weighted by molar-refractivity contribution is 6.35. The van der Waals surface area contributed by atoms with Crippen molar-refractivity contribution in [2.24, 2.45) is 0 Å². The zero-order valence-electron chi connectivity index (χ0n) is 19.1. The highest BCUT2D eigenvalue weighted by Crippen LogP contribution is 2.34. The van der Waals surface area contributed by atoms with Crippen LogP contribution in [-0.4, -0.2) is 47.4 Å². The van der Waals surface area contributed by atoms with Crippen molar-refractivity contribution in [3.05, 3.63) is 53.6 Å². The molecule has 1 aliphatic rings. The van der Waals surface area contributed by atoms with Gasteiger partial charge in [-0.05, 0) is 75.3 Å². The molecule has 0 amide bonds. The van der Waals surface area contributed by atoms with E-state index in [0.29, 0.717) is 32.8 Å². The monoisotopic (exact) mass is 502 g/mol. The van der Waals surface area contributed by atoms with E-state index in [1.54, 1.807) is 18.2 Å². The molecule has 1 saturated heterocycles. The van der Waals surface area contributed by atoms with Gasteiger partial charge in [0.05, 0.1) is 21.9 Å². The van der Waals surface area contributed by atoms with E-state index in [0.717, 1.165) is 30.6 Å². The van der Waals surface area contributed by atoms with Crippen LogP contribution in [0.5, 0.6) is 5.75 Å². The maximum absolute atomic E-state index is 12.6. The number of anilines is 1. The number of para-hydroxylation sites is 1. The summed E-state index contributed by atoms with van der Waals surface area (Å²) in [5.41, 5.74) is 3.61. The minimum absolute atomic E-state index is 0.263. The molecule has 5 rings (SSSR count). The van der Waals surface area contributed by atoms with Crippen LogP contribution in [0.4, 0.5) is 18.9 Å². The number of alkyl halides is 3. The first-order valence-corrected chi connectivity index (χ1v) is 12.2. The van der Waals surface area contributed by atoms with Gasteiger partial charge in [0.2, 0.25) is 0 Å². The number of ether oxygens (including phenoxy) is 1. The van der Waals surface area contributed by atoms with Gasteiger partial charge in [0.1, 0.15) is 5.75 Å². The first-order chi connectivity index (χ1) is 16.9. The number of H-pyrrole nitrogens is 1. The minimum Gasteiger partial charge on any atom is -0.406 e. The van der Waals surface area contributed by atoms with E-state index in [1.807, 2.05) is 18.2 Å². The molecule has 0 radical (unpaired) electrons. The van der Waals surface area contributed by atoms with E-state index in [9.17, 15) is 13.2 Å². The Morgan fingerprint density at radius 2 is 1.89 bits per heavy atom. The Bertz CT molecular complexity index is 1330. The first-order valence-electron chi connectivity index (χ1n) is 11.8. The summed E-state index contributed by atoms with van der Waals surface area (Å²) in [4.78, 5) is 10.5. The molecule has 0 unspecified atom stereocenters. The zero-order chi connectivity index (χ0) is 24.4. The van der Waals surface area contributed by atoms with Crippen LogP contribution in [-0.2, 0) is 0 Å². The molecule has 2 aromatic carbocycles. The van der Waals surface area contributed by atoms with E-state index in [2.05, 4.69) is 19.9 Å². The summed E-state index contributed by atoms with van der Waals surface area (Å²) in [5, 5.41) is 5.61. The quantitative estimate of drug-likeness (QED) is 0.262. The Kier molecular flexibility index (Phi) is 6.75. The van der Waals surface area contributed by atoms with Gasteiger partial charge in [-0.25, -0.2) is 4.98 Å². The fourth-order valence-electron chi connectivity index (χ4n) is 4.65. The fraction of sp³-hybridized carbons (Fsp3) is 0.346. The number of aromatic nitrogens is 2. The average Bonchev–Trinajstić information content (AvgIpc) is 3.25. The van der Waals surface area contributed by atoms with E-state index in [-0.39, 0.29) is 5.75 Å². The SMILES string of the molecule is FC(F)(F)Oc1ccc2[nH]c(-c3cc(NCCCN4CCCCC4)c4cccc(Cl)c4n3)cc2c1. The number of nitrogens with zero attached hydrogens (tertiary/aromatic N) is 2. The molecule has 2 N–H and O–H groups in total. The number of hydrogen-bond acceptors (Lipinski definition) is 4. The molecule has 9 heteroatoms. The van der Waals surface area contributed by atoms with Gasteiger partial charge in [0.15, 0.2) is 0 Å². The summed E-state index contributed by atoms with van der Waals surface area (Å²) < 4.78 is 41.9. The molecule has 0 atom stereocenters. The molecule has 0 spiro atoms. The second-order valence-electron chi connectivity index (χ2n) is 8.85. The van der Waals surface area contributed by atoms with Gasteiger partial charge >= 0.3 is 6.36 Å². The van der Waals surface area contributed by atoms with Gasteiger partial charge in [0.25, 0.3) is 0 Å². The van der Waals surface area contributed by atoms with Gasteiger partial charge < -0.3 is 19.9 Å². The summed E-state index contributed by atoms with van der Waals surface area (Å²) in [6.45, 7) is 4.22. The third-order valence-corrected chi connectivity index (χ3v) is 6.61.